The third-order valence-corrected chi connectivity index (χ3v) is 6.56. The van der Waals surface area contributed by atoms with E-state index in [2.05, 4.69) is 20.7 Å². The van der Waals surface area contributed by atoms with Crippen molar-refractivity contribution in [1.29, 1.82) is 5.26 Å². The summed E-state index contributed by atoms with van der Waals surface area (Å²) < 4.78 is 41.9. The van der Waals surface area contributed by atoms with Gasteiger partial charge in [0.05, 0.1) is 35.6 Å². The fraction of sp³-hybridized carbons (Fsp3) is 0.333. The molecule has 0 unspecified atom stereocenters. The number of rotatable bonds is 7. The molecule has 2 N–H and O–H groups in total. The van der Waals surface area contributed by atoms with Crippen LogP contribution in [0.2, 0.25) is 5.02 Å². The molecule has 7 nitrogen and oxygen atoms in total. The van der Waals surface area contributed by atoms with Gasteiger partial charge >= 0.3 is 6.18 Å². The molecule has 1 heterocycles. The molecule has 1 saturated carbocycles. The number of carbonyl (C=O) groups is 1. The second-order valence-corrected chi connectivity index (χ2v) is 9.56. The molecule has 0 saturated heterocycles. The standard InChI is InChI=1S/C27H26ClF3N6O/c1-17(23-14-24(27(29,30)31)36-37(23)22-10-2-3-11-22)33-16-25(34-21-9-5-8-20(28)13-21)35-26(38)19-7-4-6-18(12-19)15-32/h4-9,12-14,17,22,33H,2-3,10-11,16H2,1H3,(H,34,35,38)/t17-/m1/s1. The number of aromatic nitrogens is 2. The molecule has 198 valence electrons. The Bertz CT molecular complexity index is 1370. The monoisotopic (exact) mass is 542 g/mol. The average Bonchev–Trinajstić information content (AvgIpc) is 3.57. The number of hydrogen-bond donors (Lipinski definition) is 2. The van der Waals surface area contributed by atoms with Crippen molar-refractivity contribution in [1.82, 2.24) is 20.4 Å². The summed E-state index contributed by atoms with van der Waals surface area (Å²) in [5.74, 6) is -0.248. The first kappa shape index (κ1) is 27.4. The minimum Gasteiger partial charge on any atom is -0.309 e. The van der Waals surface area contributed by atoms with Gasteiger partial charge in [-0.15, -0.1) is 0 Å². The van der Waals surface area contributed by atoms with Gasteiger partial charge in [-0.25, -0.2) is 4.99 Å². The second kappa shape index (κ2) is 11.8. The van der Waals surface area contributed by atoms with E-state index in [0.29, 0.717) is 22.0 Å². The van der Waals surface area contributed by atoms with Gasteiger partial charge in [-0.3, -0.25) is 9.48 Å². The Morgan fingerprint density at radius 3 is 2.63 bits per heavy atom. The highest BCUT2D eigenvalue weighted by Gasteiger charge is 2.37. The summed E-state index contributed by atoms with van der Waals surface area (Å²) in [6, 6.07) is 15.4. The molecular weight excluding hydrogens is 517 g/mol. The van der Waals surface area contributed by atoms with E-state index in [1.807, 2.05) is 6.07 Å². The summed E-state index contributed by atoms with van der Waals surface area (Å²) in [6.07, 6.45) is -1.11. The quantitative estimate of drug-likeness (QED) is 0.268. The Hall–Kier alpha value is -3.68. The predicted molar refractivity (Wildman–Crippen MR) is 138 cm³/mol. The molecule has 1 atom stereocenters. The molecule has 1 aliphatic rings. The Kier molecular flexibility index (Phi) is 8.49. The summed E-state index contributed by atoms with van der Waals surface area (Å²) in [6.45, 7) is 1.78. The van der Waals surface area contributed by atoms with Crippen LogP contribution in [0, 0.1) is 11.3 Å². The Balaban J connectivity index is 1.58. The summed E-state index contributed by atoms with van der Waals surface area (Å²) in [4.78, 5) is 17.5. The fourth-order valence-corrected chi connectivity index (χ4v) is 4.60. The van der Waals surface area contributed by atoms with Crippen LogP contribution in [-0.2, 0) is 6.18 Å². The first-order valence-electron chi connectivity index (χ1n) is 12.2. The molecule has 11 heteroatoms. The Morgan fingerprint density at radius 1 is 1.21 bits per heavy atom. The first-order chi connectivity index (χ1) is 18.1. The third-order valence-electron chi connectivity index (χ3n) is 6.33. The number of amidine groups is 1. The van der Waals surface area contributed by atoms with Crippen molar-refractivity contribution < 1.29 is 18.0 Å². The van der Waals surface area contributed by atoms with E-state index in [0.717, 1.165) is 31.7 Å². The van der Waals surface area contributed by atoms with Gasteiger partial charge in [0, 0.05) is 16.6 Å². The lowest BCUT2D eigenvalue weighted by Gasteiger charge is -2.20. The topological polar surface area (TPSA) is 95.1 Å². The molecule has 1 amide bonds. The highest BCUT2D eigenvalue weighted by molar-refractivity contribution is 6.30. The zero-order chi connectivity index (χ0) is 27.3. The number of nitrogens with one attached hydrogen (secondary N) is 2. The number of carbonyl (C=O) groups excluding carboxylic acids is 1. The zero-order valence-electron chi connectivity index (χ0n) is 20.6. The van der Waals surface area contributed by atoms with Crippen molar-refractivity contribution in [2.75, 3.05) is 6.54 Å². The number of nitrogens with zero attached hydrogens (tertiary/aromatic N) is 4. The second-order valence-electron chi connectivity index (χ2n) is 9.12. The summed E-state index contributed by atoms with van der Waals surface area (Å²) in [7, 11) is 0. The van der Waals surface area contributed by atoms with Crippen molar-refractivity contribution in [2.45, 2.75) is 50.9 Å². The van der Waals surface area contributed by atoms with Crippen molar-refractivity contribution in [3.63, 3.8) is 0 Å². The van der Waals surface area contributed by atoms with Gasteiger partial charge in [0.15, 0.2) is 5.69 Å². The van der Waals surface area contributed by atoms with Crippen LogP contribution >= 0.6 is 11.6 Å². The summed E-state index contributed by atoms with van der Waals surface area (Å²) in [5.41, 5.74) is 0.581. The van der Waals surface area contributed by atoms with Crippen LogP contribution in [0.1, 0.15) is 72.0 Å². The van der Waals surface area contributed by atoms with Crippen LogP contribution in [0.25, 0.3) is 0 Å². The lowest BCUT2D eigenvalue weighted by molar-refractivity contribution is -0.141. The molecular formula is C27H26ClF3N6O. The first-order valence-corrected chi connectivity index (χ1v) is 12.6. The third kappa shape index (κ3) is 6.79. The highest BCUT2D eigenvalue weighted by atomic mass is 35.5. The number of amides is 1. The molecule has 0 radical (unpaired) electrons. The van der Waals surface area contributed by atoms with Crippen LogP contribution < -0.4 is 10.6 Å². The summed E-state index contributed by atoms with van der Waals surface area (Å²) >= 11 is 6.09. The van der Waals surface area contributed by atoms with E-state index in [9.17, 15) is 18.0 Å². The maximum absolute atomic E-state index is 13.5. The molecule has 4 rings (SSSR count). The average molecular weight is 543 g/mol. The maximum Gasteiger partial charge on any atom is 0.435 e. The SMILES string of the molecule is C[C@@H](NCC(=Nc1cccc(Cl)c1)NC(=O)c1cccc(C#N)c1)c1cc(C(F)(F)F)nn1C1CCCC1. The number of hydrogen-bond acceptors (Lipinski definition) is 5. The van der Waals surface area contributed by atoms with Crippen LogP contribution in [0.4, 0.5) is 18.9 Å². The number of alkyl halides is 3. The largest absolute Gasteiger partial charge is 0.435 e. The van der Waals surface area contributed by atoms with Gasteiger partial charge in [0.25, 0.3) is 5.91 Å². The molecule has 2 aromatic carbocycles. The number of nitriles is 1. The van der Waals surface area contributed by atoms with Crippen molar-refractivity contribution in [3.8, 4) is 6.07 Å². The summed E-state index contributed by atoms with van der Waals surface area (Å²) in [5, 5.41) is 19.4. The van der Waals surface area contributed by atoms with E-state index >= 15 is 0 Å². The van der Waals surface area contributed by atoms with Crippen molar-refractivity contribution in [2.24, 2.45) is 4.99 Å². The smallest absolute Gasteiger partial charge is 0.309 e. The molecule has 1 fully saturated rings. The van der Waals surface area contributed by atoms with E-state index in [4.69, 9.17) is 16.9 Å². The minimum absolute atomic E-state index is 0.0363. The van der Waals surface area contributed by atoms with E-state index in [1.54, 1.807) is 49.4 Å². The predicted octanol–water partition coefficient (Wildman–Crippen LogP) is 6.35. The number of aliphatic imine (C=N–C) groups is 1. The number of halogens is 4. The van der Waals surface area contributed by atoms with Gasteiger partial charge in [-0.1, -0.05) is 36.6 Å². The molecule has 0 spiro atoms. The molecule has 0 aliphatic heterocycles. The lowest BCUT2D eigenvalue weighted by Crippen LogP contribution is -2.39. The van der Waals surface area contributed by atoms with E-state index in [-0.39, 0.29) is 24.0 Å². The molecule has 38 heavy (non-hydrogen) atoms. The zero-order valence-corrected chi connectivity index (χ0v) is 21.4. The van der Waals surface area contributed by atoms with Crippen LogP contribution in [0.5, 0.6) is 0 Å². The molecule has 1 aliphatic carbocycles. The van der Waals surface area contributed by atoms with Gasteiger partial charge < -0.3 is 10.6 Å². The van der Waals surface area contributed by atoms with Gasteiger partial charge in [0.2, 0.25) is 0 Å². The molecule has 0 bridgehead atoms. The minimum atomic E-state index is -4.55. The van der Waals surface area contributed by atoms with Gasteiger partial charge in [0.1, 0.15) is 5.84 Å². The highest BCUT2D eigenvalue weighted by Crippen LogP contribution is 2.35. The molecule has 1 aromatic heterocycles. The van der Waals surface area contributed by atoms with Crippen LogP contribution in [0.15, 0.2) is 59.6 Å². The van der Waals surface area contributed by atoms with E-state index in [1.165, 1.54) is 10.7 Å². The van der Waals surface area contributed by atoms with Crippen LogP contribution in [0.3, 0.4) is 0 Å². The van der Waals surface area contributed by atoms with Crippen LogP contribution in [-0.4, -0.2) is 28.1 Å². The number of benzene rings is 2. The fourth-order valence-electron chi connectivity index (χ4n) is 4.41. The van der Waals surface area contributed by atoms with Crippen molar-refractivity contribution >= 4 is 29.0 Å². The van der Waals surface area contributed by atoms with Crippen molar-refractivity contribution in [3.05, 3.63) is 82.1 Å². The van der Waals surface area contributed by atoms with Gasteiger partial charge in [-0.05, 0) is 62.2 Å². The maximum atomic E-state index is 13.5. The van der Waals surface area contributed by atoms with Gasteiger partial charge in [-0.2, -0.15) is 23.5 Å². The Morgan fingerprint density at radius 2 is 1.95 bits per heavy atom. The Labute approximate surface area is 223 Å². The molecule has 3 aromatic rings. The normalized spacial score (nSPS) is 15.3. The van der Waals surface area contributed by atoms with E-state index < -0.39 is 23.8 Å². The lowest BCUT2D eigenvalue weighted by atomic mass is 10.1.